The van der Waals surface area contributed by atoms with Crippen LogP contribution in [-0.4, -0.2) is 0 Å². The summed E-state index contributed by atoms with van der Waals surface area (Å²) in [6.07, 6.45) is 19.9. The highest BCUT2D eigenvalue weighted by molar-refractivity contribution is 6.02. The van der Waals surface area contributed by atoms with Gasteiger partial charge in [-0.2, -0.15) is 0 Å². The minimum atomic E-state index is -0.312. The van der Waals surface area contributed by atoms with Crippen molar-refractivity contribution in [2.24, 2.45) is 17.8 Å². The van der Waals surface area contributed by atoms with E-state index < -0.39 is 0 Å². The van der Waals surface area contributed by atoms with Crippen molar-refractivity contribution in [2.75, 3.05) is 0 Å². The van der Waals surface area contributed by atoms with Gasteiger partial charge in [-0.25, -0.2) is 0 Å². The Hall–Kier alpha value is -7.54. The average molecular weight is 803 g/mol. The number of rotatable bonds is 7. The molecule has 0 aliphatic heterocycles. The zero-order chi connectivity index (χ0) is 41.7. The third-order valence-corrected chi connectivity index (χ3v) is 14.3. The predicted molar refractivity (Wildman–Crippen MR) is 265 cm³/mol. The van der Waals surface area contributed by atoms with E-state index in [4.69, 9.17) is 0 Å². The van der Waals surface area contributed by atoms with E-state index in [1.807, 2.05) is 0 Å². The van der Waals surface area contributed by atoms with Crippen molar-refractivity contribution in [1.82, 2.24) is 0 Å². The third-order valence-electron chi connectivity index (χ3n) is 14.3. The Morgan fingerprint density at radius 1 is 0.429 bits per heavy atom. The summed E-state index contributed by atoms with van der Waals surface area (Å²) in [5.74, 6) is 0.682. The number of hydrogen-bond donors (Lipinski definition) is 0. The van der Waals surface area contributed by atoms with E-state index in [9.17, 15) is 0 Å². The van der Waals surface area contributed by atoms with Crippen LogP contribution >= 0.6 is 0 Å². The van der Waals surface area contributed by atoms with E-state index in [-0.39, 0.29) is 23.2 Å². The van der Waals surface area contributed by atoms with Gasteiger partial charge in [0.1, 0.15) is 0 Å². The summed E-state index contributed by atoms with van der Waals surface area (Å²) in [6, 6.07) is 74.2. The molecule has 0 bridgehead atoms. The molecule has 0 fully saturated rings. The molecule has 0 heterocycles. The second-order valence-corrected chi connectivity index (χ2v) is 17.4. The van der Waals surface area contributed by atoms with Crippen LogP contribution in [0.4, 0.5) is 0 Å². The van der Waals surface area contributed by atoms with E-state index in [1.54, 1.807) is 0 Å². The molecule has 0 aromatic heterocycles. The molecule has 0 spiro atoms. The van der Waals surface area contributed by atoms with Crippen LogP contribution in [0.15, 0.2) is 242 Å². The van der Waals surface area contributed by atoms with Crippen LogP contribution in [0.2, 0.25) is 0 Å². The number of benzene rings is 8. The van der Waals surface area contributed by atoms with Crippen LogP contribution in [0, 0.1) is 17.8 Å². The summed E-state index contributed by atoms with van der Waals surface area (Å²) in [5, 5.41) is 5.23. The van der Waals surface area contributed by atoms with Crippen molar-refractivity contribution in [3.63, 3.8) is 0 Å². The molecule has 3 unspecified atom stereocenters. The SMILES string of the molecule is C1=CC2C(C3=CC=C4c5ccccc5C(c5ccccc5)(c5ccccc5)C4C3)=c3ccccc3=C(c3ccc(C=Cc4ccc(-c5ccccc5)c5ccccc45)cc3)C2C=C1. The quantitative estimate of drug-likeness (QED) is 0.141. The van der Waals surface area contributed by atoms with E-state index in [2.05, 4.69) is 249 Å². The Kier molecular flexibility index (Phi) is 9.12. The van der Waals surface area contributed by atoms with E-state index in [0.717, 1.165) is 6.42 Å². The summed E-state index contributed by atoms with van der Waals surface area (Å²) in [7, 11) is 0. The van der Waals surface area contributed by atoms with Crippen molar-refractivity contribution in [2.45, 2.75) is 11.8 Å². The average Bonchev–Trinajstić information content (AvgIpc) is 3.66. The molecule has 4 aliphatic carbocycles. The standard InChI is InChI=1S/C63H46/c1-4-18-44(19-5-1)51-40-38-45(50-24-10-11-25-52(50)51)35-32-43-33-36-46(37-34-43)61-55-27-12-14-29-57(55)62(58-30-15-13-28-56(58)61)47-39-41-54-53-26-16-17-31-59(53)63(60(54)42-47,48-20-6-2-7-21-48)49-22-8-3-9-23-49/h1-41,55,57,60H,42H2. The molecule has 0 radical (unpaired) electrons. The van der Waals surface area contributed by atoms with Gasteiger partial charge in [0.05, 0.1) is 5.41 Å². The zero-order valence-electron chi connectivity index (χ0n) is 35.1. The maximum absolute atomic E-state index is 2.47. The molecule has 0 nitrogen and oxygen atoms in total. The minimum absolute atomic E-state index is 0.218. The van der Waals surface area contributed by atoms with Crippen LogP contribution < -0.4 is 10.4 Å². The lowest BCUT2D eigenvalue weighted by Gasteiger charge is -2.41. The number of hydrogen-bond acceptors (Lipinski definition) is 0. The molecule has 0 N–H and O–H groups in total. The highest BCUT2D eigenvalue weighted by atomic mass is 14.5. The molecule has 3 atom stereocenters. The largest absolute Gasteiger partial charge is 0.0761 e. The molecule has 0 saturated heterocycles. The molecular formula is C63H46. The third kappa shape index (κ3) is 6.04. The summed E-state index contributed by atoms with van der Waals surface area (Å²) < 4.78 is 0. The lowest BCUT2D eigenvalue weighted by molar-refractivity contribution is 0.476. The van der Waals surface area contributed by atoms with Gasteiger partial charge in [-0.1, -0.05) is 249 Å². The first-order valence-electron chi connectivity index (χ1n) is 22.4. The van der Waals surface area contributed by atoms with E-state index in [0.29, 0.717) is 0 Å². The summed E-state index contributed by atoms with van der Waals surface area (Å²) in [6.45, 7) is 0. The molecule has 12 rings (SSSR count). The van der Waals surface area contributed by atoms with Crippen LogP contribution in [-0.2, 0) is 5.41 Å². The van der Waals surface area contributed by atoms with Crippen LogP contribution in [0.25, 0.3) is 50.8 Å². The fourth-order valence-corrected chi connectivity index (χ4v) is 11.6. The predicted octanol–water partition coefficient (Wildman–Crippen LogP) is 13.8. The number of allylic oxidation sites excluding steroid dienone is 8. The van der Waals surface area contributed by atoms with Crippen LogP contribution in [0.5, 0.6) is 0 Å². The summed E-state index contributed by atoms with van der Waals surface area (Å²) in [4.78, 5) is 0. The molecule has 0 saturated carbocycles. The van der Waals surface area contributed by atoms with Crippen LogP contribution in [0.3, 0.4) is 0 Å². The maximum Gasteiger partial charge on any atom is 0.0529 e. The first kappa shape index (κ1) is 37.2. The van der Waals surface area contributed by atoms with Crippen molar-refractivity contribution >= 4 is 39.6 Å². The van der Waals surface area contributed by atoms with Gasteiger partial charge in [0.15, 0.2) is 0 Å². The highest BCUT2D eigenvalue weighted by Gasteiger charge is 2.52. The van der Waals surface area contributed by atoms with Crippen molar-refractivity contribution in [3.05, 3.63) is 292 Å². The smallest absolute Gasteiger partial charge is 0.0529 e. The van der Waals surface area contributed by atoms with Gasteiger partial charge >= 0.3 is 0 Å². The first-order chi connectivity index (χ1) is 31.3. The Labute approximate surface area is 370 Å². The highest BCUT2D eigenvalue weighted by Crippen LogP contribution is 2.61. The van der Waals surface area contributed by atoms with Crippen molar-refractivity contribution in [1.29, 1.82) is 0 Å². The molecule has 0 amide bonds. The van der Waals surface area contributed by atoms with E-state index >= 15 is 0 Å². The lowest BCUT2D eigenvalue weighted by Crippen LogP contribution is -2.41. The maximum atomic E-state index is 2.47. The first-order valence-corrected chi connectivity index (χ1v) is 22.4. The summed E-state index contributed by atoms with van der Waals surface area (Å²) >= 11 is 0. The normalized spacial score (nSPS) is 19.3. The van der Waals surface area contributed by atoms with Gasteiger partial charge < -0.3 is 0 Å². The van der Waals surface area contributed by atoms with Crippen molar-refractivity contribution in [3.8, 4) is 11.1 Å². The van der Waals surface area contributed by atoms with Crippen molar-refractivity contribution < 1.29 is 0 Å². The molecule has 63 heavy (non-hydrogen) atoms. The van der Waals surface area contributed by atoms with E-state index in [1.165, 1.54) is 93.6 Å². The van der Waals surface area contributed by atoms with Gasteiger partial charge in [-0.3, -0.25) is 0 Å². The minimum Gasteiger partial charge on any atom is -0.0761 e. The molecule has 8 aromatic rings. The topological polar surface area (TPSA) is 0 Å². The molecule has 0 heteroatoms. The fourth-order valence-electron chi connectivity index (χ4n) is 11.6. The second kappa shape index (κ2) is 15.4. The second-order valence-electron chi connectivity index (χ2n) is 17.4. The summed E-state index contributed by atoms with van der Waals surface area (Å²) in [5.41, 5.74) is 17.1. The number of fused-ring (bicyclic) bond motifs is 6. The Bertz CT molecular complexity index is 3300. The monoisotopic (exact) mass is 802 g/mol. The molecule has 298 valence electrons. The van der Waals surface area contributed by atoms with Gasteiger partial charge in [0, 0.05) is 17.8 Å². The Morgan fingerprint density at radius 3 is 1.73 bits per heavy atom. The zero-order valence-corrected chi connectivity index (χ0v) is 35.1. The Balaban J connectivity index is 0.957. The van der Waals surface area contributed by atoms with Gasteiger partial charge in [-0.15, -0.1) is 0 Å². The Morgan fingerprint density at radius 2 is 1.02 bits per heavy atom. The van der Waals surface area contributed by atoms with Gasteiger partial charge in [-0.05, 0) is 100.0 Å². The molecule has 8 aromatic carbocycles. The lowest BCUT2D eigenvalue weighted by atomic mass is 9.61. The van der Waals surface area contributed by atoms with Crippen LogP contribution in [0.1, 0.15) is 45.4 Å². The fraction of sp³-hybridized carbons (Fsp3) is 0.0794. The molecule has 4 aliphatic rings. The molecular weight excluding hydrogens is 757 g/mol. The van der Waals surface area contributed by atoms with Gasteiger partial charge in [0.25, 0.3) is 0 Å². The van der Waals surface area contributed by atoms with Gasteiger partial charge in [0.2, 0.25) is 0 Å².